The molecule has 0 spiro atoms. The number of nitrogens with one attached hydrogen (secondary N) is 2. The largest absolute Gasteiger partial charge is 0.357 e. The van der Waals surface area contributed by atoms with Crippen LogP contribution in [0.2, 0.25) is 0 Å². The van der Waals surface area contributed by atoms with Crippen LogP contribution in [0.15, 0.2) is 23.1 Å². The summed E-state index contributed by atoms with van der Waals surface area (Å²) in [4.78, 5) is 6.36. The minimum absolute atomic E-state index is 0.0697. The minimum Gasteiger partial charge on any atom is -0.357 e. The van der Waals surface area contributed by atoms with E-state index < -0.39 is 10.1 Å². The molecule has 5 nitrogen and oxygen atoms in total. The Hall–Kier alpha value is -1.53. The number of aromatic nitrogens is 2. The molecular weight excluding hydrogens is 312 g/mol. The molecule has 0 aliphatic heterocycles. The highest BCUT2D eigenvalue weighted by atomic mass is 32.2. The fraction of sp³-hybridized carbons (Fsp3) is 0.529. The van der Waals surface area contributed by atoms with Crippen LogP contribution in [-0.2, 0) is 10.1 Å². The van der Waals surface area contributed by atoms with Crippen LogP contribution in [0.3, 0.4) is 0 Å². The minimum atomic E-state index is -4.20. The van der Waals surface area contributed by atoms with Crippen molar-refractivity contribution in [3.05, 3.63) is 29.6 Å². The summed E-state index contributed by atoms with van der Waals surface area (Å²) in [5, 5.41) is 0. The highest BCUT2D eigenvalue weighted by Gasteiger charge is 2.19. The molecule has 0 fully saturated rings. The molecule has 128 valence electrons. The van der Waals surface area contributed by atoms with Gasteiger partial charge in [-0.25, -0.2) is 0 Å². The Labute approximate surface area is 138 Å². The molecule has 2 heterocycles. The zero-order chi connectivity index (χ0) is 17.0. The number of hydrogen-bond acceptors (Lipinski definition) is 2. The molecule has 1 atom stereocenters. The maximum Gasteiger partial charge on any atom is 0.296 e. The van der Waals surface area contributed by atoms with Gasteiger partial charge in [-0.1, -0.05) is 33.1 Å². The first kappa shape index (κ1) is 17.8. The summed E-state index contributed by atoms with van der Waals surface area (Å²) < 4.78 is 31.9. The van der Waals surface area contributed by atoms with Gasteiger partial charge in [0.25, 0.3) is 10.1 Å². The van der Waals surface area contributed by atoms with Gasteiger partial charge in [0.1, 0.15) is 4.90 Å². The predicted molar refractivity (Wildman–Crippen MR) is 92.3 cm³/mol. The van der Waals surface area contributed by atoms with Crippen molar-refractivity contribution in [2.24, 2.45) is 0 Å². The van der Waals surface area contributed by atoms with Gasteiger partial charge in [0.2, 0.25) is 0 Å². The lowest BCUT2D eigenvalue weighted by molar-refractivity contribution is 0.482. The Bertz CT molecular complexity index is 744. The number of hydrogen-bond donors (Lipinski definition) is 3. The standard InChI is InChI=1S/C17H26N2O3S/c1-4-6-8-13(7-5-2)14-9-10-15(19-14)16-11-17(12(3)18-16)23(20,21)22/h9-11,13,18-19H,4-8H2,1-3H3,(H,20,21,22). The highest BCUT2D eigenvalue weighted by molar-refractivity contribution is 7.85. The maximum atomic E-state index is 11.3. The maximum absolute atomic E-state index is 11.3. The molecule has 2 aromatic rings. The molecule has 0 saturated carbocycles. The lowest BCUT2D eigenvalue weighted by Crippen LogP contribution is -1.99. The predicted octanol–water partition coefficient (Wildman–Crippen LogP) is 4.64. The number of rotatable bonds is 8. The van der Waals surface area contributed by atoms with Crippen LogP contribution in [0, 0.1) is 6.92 Å². The summed E-state index contributed by atoms with van der Waals surface area (Å²) in [5.74, 6) is 0.505. The van der Waals surface area contributed by atoms with Crippen molar-refractivity contribution in [2.75, 3.05) is 0 Å². The molecule has 0 aromatic carbocycles. The van der Waals surface area contributed by atoms with Crippen LogP contribution in [0.4, 0.5) is 0 Å². The molecule has 1 unspecified atom stereocenters. The van der Waals surface area contributed by atoms with Crippen LogP contribution in [0.5, 0.6) is 0 Å². The Kier molecular flexibility index (Phi) is 5.70. The SMILES string of the molecule is CCCCC(CCC)c1ccc(-c2cc(S(=O)(=O)O)c(C)[nH]2)[nH]1. The Morgan fingerprint density at radius 1 is 1.09 bits per heavy atom. The molecule has 0 aliphatic rings. The van der Waals surface area contributed by atoms with Gasteiger partial charge in [0.15, 0.2) is 0 Å². The molecule has 6 heteroatoms. The molecule has 3 N–H and O–H groups in total. The fourth-order valence-electron chi connectivity index (χ4n) is 3.01. The van der Waals surface area contributed by atoms with E-state index in [4.69, 9.17) is 0 Å². The van der Waals surface area contributed by atoms with E-state index in [-0.39, 0.29) is 4.90 Å². The van der Waals surface area contributed by atoms with Crippen molar-refractivity contribution in [2.45, 2.75) is 63.7 Å². The molecule has 0 radical (unpaired) electrons. The quantitative estimate of drug-likeness (QED) is 0.613. The van der Waals surface area contributed by atoms with Crippen LogP contribution in [-0.4, -0.2) is 22.9 Å². The van der Waals surface area contributed by atoms with Gasteiger partial charge in [-0.2, -0.15) is 8.42 Å². The van der Waals surface area contributed by atoms with E-state index in [0.717, 1.165) is 25.0 Å². The molecular formula is C17H26N2O3S. The van der Waals surface area contributed by atoms with Crippen molar-refractivity contribution in [3.63, 3.8) is 0 Å². The summed E-state index contributed by atoms with van der Waals surface area (Å²) in [6, 6.07) is 5.51. The van der Waals surface area contributed by atoms with Crippen LogP contribution in [0.1, 0.15) is 63.3 Å². The summed E-state index contributed by atoms with van der Waals surface area (Å²) in [6.07, 6.45) is 5.82. The monoisotopic (exact) mass is 338 g/mol. The van der Waals surface area contributed by atoms with Crippen molar-refractivity contribution in [1.29, 1.82) is 0 Å². The first-order chi connectivity index (χ1) is 10.9. The third-order valence-corrected chi connectivity index (χ3v) is 5.21. The van der Waals surface area contributed by atoms with E-state index in [0.29, 0.717) is 17.3 Å². The molecule has 2 rings (SSSR count). The summed E-state index contributed by atoms with van der Waals surface area (Å²) in [7, 11) is -4.20. The van der Waals surface area contributed by atoms with Crippen molar-refractivity contribution >= 4 is 10.1 Å². The van der Waals surface area contributed by atoms with Gasteiger partial charge in [-0.05, 0) is 43.9 Å². The third-order valence-electron chi connectivity index (χ3n) is 4.23. The lowest BCUT2D eigenvalue weighted by Gasteiger charge is -2.14. The van der Waals surface area contributed by atoms with E-state index in [1.165, 1.54) is 24.6 Å². The van der Waals surface area contributed by atoms with Crippen molar-refractivity contribution in [3.8, 4) is 11.4 Å². The van der Waals surface area contributed by atoms with E-state index in [2.05, 4.69) is 29.9 Å². The molecule has 0 aliphatic carbocycles. The lowest BCUT2D eigenvalue weighted by atomic mass is 9.94. The summed E-state index contributed by atoms with van der Waals surface area (Å²) in [6.45, 7) is 6.02. The van der Waals surface area contributed by atoms with Gasteiger partial charge < -0.3 is 9.97 Å². The molecule has 0 bridgehead atoms. The Balaban J connectivity index is 2.28. The number of unbranched alkanes of at least 4 members (excludes halogenated alkanes) is 1. The average molecular weight is 338 g/mol. The molecule has 0 saturated heterocycles. The van der Waals surface area contributed by atoms with E-state index in [1.54, 1.807) is 6.92 Å². The second kappa shape index (κ2) is 7.36. The average Bonchev–Trinajstić information content (AvgIpc) is 3.09. The summed E-state index contributed by atoms with van der Waals surface area (Å²) in [5.41, 5.74) is 3.15. The first-order valence-corrected chi connectivity index (χ1v) is 9.67. The molecule has 0 amide bonds. The third kappa shape index (κ3) is 4.26. The highest BCUT2D eigenvalue weighted by Crippen LogP contribution is 2.30. The zero-order valence-corrected chi connectivity index (χ0v) is 14.8. The van der Waals surface area contributed by atoms with Gasteiger partial charge in [-0.15, -0.1) is 0 Å². The normalized spacial score (nSPS) is 13.4. The topological polar surface area (TPSA) is 85.9 Å². The number of H-pyrrole nitrogens is 2. The zero-order valence-electron chi connectivity index (χ0n) is 14.0. The molecule has 2 aromatic heterocycles. The number of aromatic amines is 2. The smallest absolute Gasteiger partial charge is 0.296 e. The second-order valence-electron chi connectivity index (χ2n) is 6.10. The van der Waals surface area contributed by atoms with Crippen molar-refractivity contribution in [1.82, 2.24) is 9.97 Å². The fourth-order valence-corrected chi connectivity index (χ4v) is 3.72. The van der Waals surface area contributed by atoms with E-state index in [1.807, 2.05) is 6.07 Å². The second-order valence-corrected chi connectivity index (χ2v) is 7.49. The van der Waals surface area contributed by atoms with Gasteiger partial charge in [0.05, 0.1) is 11.4 Å². The van der Waals surface area contributed by atoms with Crippen LogP contribution < -0.4 is 0 Å². The summed E-state index contributed by atoms with van der Waals surface area (Å²) >= 11 is 0. The van der Waals surface area contributed by atoms with Crippen molar-refractivity contribution < 1.29 is 13.0 Å². The van der Waals surface area contributed by atoms with Crippen LogP contribution >= 0.6 is 0 Å². The Morgan fingerprint density at radius 3 is 2.39 bits per heavy atom. The van der Waals surface area contributed by atoms with E-state index >= 15 is 0 Å². The van der Waals surface area contributed by atoms with E-state index in [9.17, 15) is 13.0 Å². The number of aryl methyl sites for hydroxylation is 1. The Morgan fingerprint density at radius 2 is 1.83 bits per heavy atom. The molecule has 23 heavy (non-hydrogen) atoms. The first-order valence-electron chi connectivity index (χ1n) is 8.23. The van der Waals surface area contributed by atoms with Gasteiger partial charge in [0, 0.05) is 11.4 Å². The van der Waals surface area contributed by atoms with Crippen LogP contribution in [0.25, 0.3) is 11.4 Å². The van der Waals surface area contributed by atoms with Gasteiger partial charge in [-0.3, -0.25) is 4.55 Å². The van der Waals surface area contributed by atoms with Gasteiger partial charge >= 0.3 is 0 Å².